The Hall–Kier alpha value is -2.34. The van der Waals surface area contributed by atoms with E-state index < -0.39 is 11.7 Å². The van der Waals surface area contributed by atoms with Gasteiger partial charge in [0.1, 0.15) is 5.69 Å². The van der Waals surface area contributed by atoms with Crippen molar-refractivity contribution in [2.75, 3.05) is 0 Å². The van der Waals surface area contributed by atoms with Gasteiger partial charge in [-0.1, -0.05) is 0 Å². The molecule has 98 valence electrons. The van der Waals surface area contributed by atoms with Crippen molar-refractivity contribution in [3.05, 3.63) is 47.3 Å². The topological polar surface area (TPSA) is 80.9 Å². The SMILES string of the molecule is Cc1ccncc1-c1cc(C(=O)NN)nc(C)c1F. The lowest BCUT2D eigenvalue weighted by Crippen LogP contribution is -2.31. The third kappa shape index (κ3) is 2.43. The standard InChI is InChI=1S/C13H13FN4O/c1-7-3-4-16-6-10(7)9-5-11(13(19)18-15)17-8(2)12(9)14/h3-6H,15H2,1-2H3,(H,18,19). The van der Waals surface area contributed by atoms with E-state index in [9.17, 15) is 9.18 Å². The number of nitrogens with two attached hydrogens (primary N) is 1. The Balaban J connectivity index is 2.66. The number of nitrogen functional groups attached to an aromatic ring is 1. The van der Waals surface area contributed by atoms with Crippen LogP contribution in [-0.2, 0) is 0 Å². The van der Waals surface area contributed by atoms with Crippen LogP contribution in [0.15, 0.2) is 24.5 Å². The number of nitrogens with zero attached hydrogens (tertiary/aromatic N) is 2. The van der Waals surface area contributed by atoms with Crippen LogP contribution in [0, 0.1) is 19.7 Å². The minimum atomic E-state index is -0.564. The molecule has 0 saturated carbocycles. The van der Waals surface area contributed by atoms with E-state index in [1.54, 1.807) is 18.5 Å². The first-order chi connectivity index (χ1) is 9.04. The summed E-state index contributed by atoms with van der Waals surface area (Å²) in [5.41, 5.74) is 3.96. The summed E-state index contributed by atoms with van der Waals surface area (Å²) in [6.45, 7) is 3.34. The van der Waals surface area contributed by atoms with Gasteiger partial charge in [-0.05, 0) is 31.5 Å². The summed E-state index contributed by atoms with van der Waals surface area (Å²) >= 11 is 0. The van der Waals surface area contributed by atoms with Gasteiger partial charge in [-0.3, -0.25) is 15.2 Å². The molecule has 0 aliphatic rings. The average molecular weight is 260 g/mol. The highest BCUT2D eigenvalue weighted by molar-refractivity contribution is 5.93. The van der Waals surface area contributed by atoms with E-state index in [2.05, 4.69) is 9.97 Å². The van der Waals surface area contributed by atoms with Crippen LogP contribution in [0.5, 0.6) is 0 Å². The number of aryl methyl sites for hydroxylation is 2. The zero-order valence-electron chi connectivity index (χ0n) is 10.6. The normalized spacial score (nSPS) is 10.3. The van der Waals surface area contributed by atoms with E-state index in [4.69, 9.17) is 5.84 Å². The molecule has 2 heterocycles. The van der Waals surface area contributed by atoms with Crippen LogP contribution in [0.2, 0.25) is 0 Å². The van der Waals surface area contributed by atoms with Crippen LogP contribution in [0.3, 0.4) is 0 Å². The van der Waals surface area contributed by atoms with Crippen LogP contribution in [0.4, 0.5) is 4.39 Å². The Morgan fingerprint density at radius 2 is 2.11 bits per heavy atom. The molecule has 0 spiro atoms. The van der Waals surface area contributed by atoms with Crippen LogP contribution < -0.4 is 11.3 Å². The zero-order valence-corrected chi connectivity index (χ0v) is 10.6. The number of pyridine rings is 2. The van der Waals surface area contributed by atoms with Crippen molar-refractivity contribution in [3.63, 3.8) is 0 Å². The molecule has 0 atom stereocenters. The summed E-state index contributed by atoms with van der Waals surface area (Å²) < 4.78 is 14.2. The highest BCUT2D eigenvalue weighted by atomic mass is 19.1. The van der Waals surface area contributed by atoms with Crippen molar-refractivity contribution in [2.24, 2.45) is 5.84 Å². The fourth-order valence-corrected chi connectivity index (χ4v) is 1.79. The molecule has 1 amide bonds. The second kappa shape index (κ2) is 5.11. The van der Waals surface area contributed by atoms with Gasteiger partial charge in [0, 0.05) is 23.5 Å². The van der Waals surface area contributed by atoms with Crippen LogP contribution in [0.25, 0.3) is 11.1 Å². The number of halogens is 1. The summed E-state index contributed by atoms with van der Waals surface area (Å²) in [6.07, 6.45) is 3.18. The molecule has 2 aromatic heterocycles. The van der Waals surface area contributed by atoms with Gasteiger partial charge < -0.3 is 0 Å². The Bertz CT molecular complexity index is 643. The van der Waals surface area contributed by atoms with Gasteiger partial charge >= 0.3 is 0 Å². The molecule has 0 fully saturated rings. The highest BCUT2D eigenvalue weighted by Gasteiger charge is 2.16. The predicted molar refractivity (Wildman–Crippen MR) is 68.6 cm³/mol. The van der Waals surface area contributed by atoms with Gasteiger partial charge in [0.25, 0.3) is 5.91 Å². The molecule has 0 aliphatic carbocycles. The molecule has 0 saturated heterocycles. The molecular formula is C13H13FN4O. The van der Waals surface area contributed by atoms with E-state index in [0.717, 1.165) is 5.56 Å². The molecule has 19 heavy (non-hydrogen) atoms. The molecule has 0 unspecified atom stereocenters. The molecule has 0 bridgehead atoms. The first-order valence-corrected chi connectivity index (χ1v) is 5.63. The lowest BCUT2D eigenvalue weighted by molar-refractivity contribution is 0.0948. The second-order valence-electron chi connectivity index (χ2n) is 4.12. The molecule has 0 aliphatic heterocycles. The minimum absolute atomic E-state index is 0.0691. The maximum Gasteiger partial charge on any atom is 0.283 e. The van der Waals surface area contributed by atoms with Crippen LogP contribution in [0.1, 0.15) is 21.7 Å². The molecule has 0 radical (unpaired) electrons. The van der Waals surface area contributed by atoms with E-state index in [1.807, 2.05) is 12.3 Å². The number of rotatable bonds is 2. The first kappa shape index (κ1) is 13.1. The lowest BCUT2D eigenvalue weighted by Gasteiger charge is -2.10. The van der Waals surface area contributed by atoms with Crippen LogP contribution in [-0.4, -0.2) is 15.9 Å². The number of carbonyl (C=O) groups excluding carboxylic acids is 1. The van der Waals surface area contributed by atoms with Gasteiger partial charge in [-0.2, -0.15) is 0 Å². The fourth-order valence-electron chi connectivity index (χ4n) is 1.79. The first-order valence-electron chi connectivity index (χ1n) is 5.63. The molecule has 6 heteroatoms. The Kier molecular flexibility index (Phi) is 3.52. The van der Waals surface area contributed by atoms with Crippen molar-refractivity contribution in [1.82, 2.24) is 15.4 Å². The Labute approximate surface area is 109 Å². The fraction of sp³-hybridized carbons (Fsp3) is 0.154. The van der Waals surface area contributed by atoms with Crippen molar-refractivity contribution < 1.29 is 9.18 Å². The number of carbonyl (C=O) groups is 1. The number of amides is 1. The maximum absolute atomic E-state index is 14.2. The van der Waals surface area contributed by atoms with Gasteiger partial charge in [-0.15, -0.1) is 0 Å². The van der Waals surface area contributed by atoms with Gasteiger partial charge in [0.2, 0.25) is 0 Å². The predicted octanol–water partition coefficient (Wildman–Crippen LogP) is 1.50. The summed E-state index contributed by atoms with van der Waals surface area (Å²) in [5.74, 6) is 4.03. The quantitative estimate of drug-likeness (QED) is 0.487. The average Bonchev–Trinajstić information content (AvgIpc) is 2.41. The number of hydrazine groups is 1. The maximum atomic E-state index is 14.2. The zero-order chi connectivity index (χ0) is 14.0. The Morgan fingerprint density at radius 3 is 2.74 bits per heavy atom. The summed E-state index contributed by atoms with van der Waals surface area (Å²) in [7, 11) is 0. The molecule has 2 rings (SSSR count). The number of hydrogen-bond acceptors (Lipinski definition) is 4. The smallest absolute Gasteiger partial charge is 0.283 e. The largest absolute Gasteiger partial charge is 0.289 e. The Morgan fingerprint density at radius 1 is 1.37 bits per heavy atom. The monoisotopic (exact) mass is 260 g/mol. The minimum Gasteiger partial charge on any atom is -0.289 e. The number of hydrogen-bond donors (Lipinski definition) is 2. The van der Waals surface area contributed by atoms with E-state index in [-0.39, 0.29) is 17.0 Å². The third-order valence-corrected chi connectivity index (χ3v) is 2.82. The van der Waals surface area contributed by atoms with Crippen molar-refractivity contribution >= 4 is 5.91 Å². The molecule has 5 nitrogen and oxygen atoms in total. The van der Waals surface area contributed by atoms with Gasteiger partial charge in [0.05, 0.1) is 5.69 Å². The number of aromatic nitrogens is 2. The number of nitrogens with one attached hydrogen (secondary N) is 1. The molecule has 0 aromatic carbocycles. The van der Waals surface area contributed by atoms with Gasteiger partial charge in [-0.25, -0.2) is 15.2 Å². The molecular weight excluding hydrogens is 247 g/mol. The third-order valence-electron chi connectivity index (χ3n) is 2.82. The van der Waals surface area contributed by atoms with Crippen LogP contribution >= 0.6 is 0 Å². The highest BCUT2D eigenvalue weighted by Crippen LogP contribution is 2.27. The van der Waals surface area contributed by atoms with E-state index in [1.165, 1.54) is 13.0 Å². The van der Waals surface area contributed by atoms with Gasteiger partial charge in [0.15, 0.2) is 5.82 Å². The van der Waals surface area contributed by atoms with E-state index >= 15 is 0 Å². The van der Waals surface area contributed by atoms with Crippen molar-refractivity contribution in [3.8, 4) is 11.1 Å². The van der Waals surface area contributed by atoms with Crippen molar-refractivity contribution in [2.45, 2.75) is 13.8 Å². The molecule has 2 aromatic rings. The van der Waals surface area contributed by atoms with E-state index in [0.29, 0.717) is 5.56 Å². The summed E-state index contributed by atoms with van der Waals surface area (Å²) in [6, 6.07) is 3.14. The van der Waals surface area contributed by atoms with Crippen molar-refractivity contribution in [1.29, 1.82) is 0 Å². The summed E-state index contributed by atoms with van der Waals surface area (Å²) in [4.78, 5) is 19.4. The molecule has 3 N–H and O–H groups in total. The summed E-state index contributed by atoms with van der Waals surface area (Å²) in [5, 5.41) is 0. The lowest BCUT2D eigenvalue weighted by atomic mass is 10.0. The second-order valence-corrected chi connectivity index (χ2v) is 4.12.